The van der Waals surface area contributed by atoms with Crippen LogP contribution in [-0.2, 0) is 11.3 Å². The standard InChI is InChI=1S/C10H15BO4/c1-7-4-8(6-14-2)10(15-3)9(5-7)11(12)13/h4-5,12-13H,6H2,1-3H3. The molecule has 82 valence electrons. The highest BCUT2D eigenvalue weighted by Gasteiger charge is 2.20. The summed E-state index contributed by atoms with van der Waals surface area (Å²) in [4.78, 5) is 0. The number of aryl methyl sites for hydroxylation is 1. The first-order chi connectivity index (χ1) is 7.10. The van der Waals surface area contributed by atoms with Crippen LogP contribution < -0.4 is 10.2 Å². The fourth-order valence-corrected chi connectivity index (χ4v) is 1.58. The van der Waals surface area contributed by atoms with E-state index in [4.69, 9.17) is 9.47 Å². The number of benzene rings is 1. The van der Waals surface area contributed by atoms with Gasteiger partial charge in [0.15, 0.2) is 0 Å². The van der Waals surface area contributed by atoms with Crippen LogP contribution in [0.1, 0.15) is 11.1 Å². The molecule has 1 aromatic rings. The molecule has 0 aliphatic heterocycles. The molecule has 4 nitrogen and oxygen atoms in total. The Morgan fingerprint density at radius 3 is 2.40 bits per heavy atom. The van der Waals surface area contributed by atoms with Crippen LogP contribution in [-0.4, -0.2) is 31.4 Å². The van der Waals surface area contributed by atoms with Crippen LogP contribution >= 0.6 is 0 Å². The Balaban J connectivity index is 3.25. The van der Waals surface area contributed by atoms with E-state index in [2.05, 4.69) is 0 Å². The molecule has 0 atom stereocenters. The molecule has 0 aromatic heterocycles. The van der Waals surface area contributed by atoms with Gasteiger partial charge in [-0.15, -0.1) is 0 Å². The maximum Gasteiger partial charge on any atom is 0.492 e. The van der Waals surface area contributed by atoms with Crippen molar-refractivity contribution in [3.8, 4) is 5.75 Å². The van der Waals surface area contributed by atoms with Crippen molar-refractivity contribution in [2.45, 2.75) is 13.5 Å². The Morgan fingerprint density at radius 1 is 1.27 bits per heavy atom. The molecule has 0 radical (unpaired) electrons. The average Bonchev–Trinajstić information content (AvgIpc) is 2.17. The fraction of sp³-hybridized carbons (Fsp3) is 0.400. The van der Waals surface area contributed by atoms with Gasteiger partial charge in [-0.25, -0.2) is 0 Å². The largest absolute Gasteiger partial charge is 0.497 e. The zero-order valence-corrected chi connectivity index (χ0v) is 9.15. The van der Waals surface area contributed by atoms with E-state index < -0.39 is 7.12 Å². The van der Waals surface area contributed by atoms with E-state index in [9.17, 15) is 10.0 Å². The summed E-state index contributed by atoms with van der Waals surface area (Å²) in [7, 11) is 1.54. The van der Waals surface area contributed by atoms with Crippen LogP contribution in [0.2, 0.25) is 0 Å². The Labute approximate surface area is 89.6 Å². The zero-order valence-electron chi connectivity index (χ0n) is 9.15. The Morgan fingerprint density at radius 2 is 1.93 bits per heavy atom. The third kappa shape index (κ3) is 2.71. The van der Waals surface area contributed by atoms with Gasteiger partial charge in [0, 0.05) is 18.1 Å². The van der Waals surface area contributed by atoms with Crippen molar-refractivity contribution in [1.82, 2.24) is 0 Å². The summed E-state index contributed by atoms with van der Waals surface area (Å²) in [5, 5.41) is 18.4. The lowest BCUT2D eigenvalue weighted by Crippen LogP contribution is -2.32. The Kier molecular flexibility index (Phi) is 4.14. The number of rotatable bonds is 4. The van der Waals surface area contributed by atoms with E-state index in [1.807, 2.05) is 13.0 Å². The van der Waals surface area contributed by atoms with Crippen molar-refractivity contribution >= 4 is 12.6 Å². The van der Waals surface area contributed by atoms with Gasteiger partial charge in [-0.1, -0.05) is 17.7 Å². The monoisotopic (exact) mass is 210 g/mol. The number of hydrogen-bond donors (Lipinski definition) is 2. The van der Waals surface area contributed by atoms with Gasteiger partial charge in [0.2, 0.25) is 0 Å². The van der Waals surface area contributed by atoms with Gasteiger partial charge in [-0.2, -0.15) is 0 Å². The molecule has 0 bridgehead atoms. The fourth-order valence-electron chi connectivity index (χ4n) is 1.58. The molecule has 0 heterocycles. The molecule has 0 amide bonds. The SMILES string of the molecule is COCc1cc(C)cc(B(O)O)c1OC. The molecule has 0 saturated carbocycles. The quantitative estimate of drug-likeness (QED) is 0.677. The maximum atomic E-state index is 9.19. The van der Waals surface area contributed by atoms with Crippen molar-refractivity contribution in [1.29, 1.82) is 0 Å². The predicted molar refractivity (Wildman–Crippen MR) is 58.3 cm³/mol. The van der Waals surface area contributed by atoms with Crippen molar-refractivity contribution in [2.75, 3.05) is 14.2 Å². The third-order valence-electron chi connectivity index (χ3n) is 2.12. The molecule has 0 aliphatic rings. The first-order valence-corrected chi connectivity index (χ1v) is 4.62. The van der Waals surface area contributed by atoms with Crippen LogP contribution in [0.3, 0.4) is 0 Å². The average molecular weight is 210 g/mol. The second kappa shape index (κ2) is 5.16. The third-order valence-corrected chi connectivity index (χ3v) is 2.12. The minimum Gasteiger partial charge on any atom is -0.497 e. The normalized spacial score (nSPS) is 10.2. The van der Waals surface area contributed by atoms with Gasteiger partial charge >= 0.3 is 7.12 Å². The number of methoxy groups -OCH3 is 2. The van der Waals surface area contributed by atoms with E-state index in [-0.39, 0.29) is 0 Å². The lowest BCUT2D eigenvalue weighted by molar-refractivity contribution is 0.181. The highest BCUT2D eigenvalue weighted by atomic mass is 16.5. The van der Waals surface area contributed by atoms with E-state index in [0.29, 0.717) is 17.8 Å². The summed E-state index contributed by atoms with van der Waals surface area (Å²) in [6.07, 6.45) is 0. The first-order valence-electron chi connectivity index (χ1n) is 4.62. The summed E-state index contributed by atoms with van der Waals surface area (Å²) < 4.78 is 10.2. The van der Waals surface area contributed by atoms with E-state index >= 15 is 0 Å². The summed E-state index contributed by atoms with van der Waals surface area (Å²) in [5.41, 5.74) is 2.11. The van der Waals surface area contributed by atoms with Crippen molar-refractivity contribution in [3.05, 3.63) is 23.3 Å². The number of hydrogen-bond acceptors (Lipinski definition) is 4. The topological polar surface area (TPSA) is 58.9 Å². The summed E-state index contributed by atoms with van der Waals surface area (Å²) >= 11 is 0. The minimum absolute atomic E-state index is 0.365. The molecule has 2 N–H and O–H groups in total. The lowest BCUT2D eigenvalue weighted by atomic mass is 9.77. The van der Waals surface area contributed by atoms with E-state index in [1.54, 1.807) is 13.2 Å². The summed E-state index contributed by atoms with van der Waals surface area (Å²) in [6, 6.07) is 3.58. The Bertz CT molecular complexity index is 338. The highest BCUT2D eigenvalue weighted by Crippen LogP contribution is 2.18. The molecule has 0 unspecified atom stereocenters. The second-order valence-electron chi connectivity index (χ2n) is 3.35. The van der Waals surface area contributed by atoms with Crippen LogP contribution in [0.5, 0.6) is 5.75 Å². The smallest absolute Gasteiger partial charge is 0.492 e. The van der Waals surface area contributed by atoms with Crippen molar-refractivity contribution in [3.63, 3.8) is 0 Å². The maximum absolute atomic E-state index is 9.19. The summed E-state index contributed by atoms with van der Waals surface area (Å²) in [6.45, 7) is 2.26. The molecule has 15 heavy (non-hydrogen) atoms. The molecule has 1 aromatic carbocycles. The molecule has 0 spiro atoms. The van der Waals surface area contributed by atoms with Gasteiger partial charge in [0.25, 0.3) is 0 Å². The minimum atomic E-state index is -1.53. The number of ether oxygens (including phenoxy) is 2. The first kappa shape index (κ1) is 12.0. The van der Waals surface area contributed by atoms with Crippen LogP contribution in [0.15, 0.2) is 12.1 Å². The van der Waals surface area contributed by atoms with Crippen LogP contribution in [0.25, 0.3) is 0 Å². The molecule has 5 heteroatoms. The van der Waals surface area contributed by atoms with Gasteiger partial charge in [-0.3, -0.25) is 0 Å². The van der Waals surface area contributed by atoms with Gasteiger partial charge in [0.05, 0.1) is 13.7 Å². The zero-order chi connectivity index (χ0) is 11.4. The van der Waals surface area contributed by atoms with Crippen molar-refractivity contribution < 1.29 is 19.5 Å². The van der Waals surface area contributed by atoms with Crippen LogP contribution in [0.4, 0.5) is 0 Å². The highest BCUT2D eigenvalue weighted by molar-refractivity contribution is 6.59. The van der Waals surface area contributed by atoms with Crippen LogP contribution in [0, 0.1) is 6.92 Å². The Hall–Kier alpha value is -1.04. The van der Waals surface area contributed by atoms with Gasteiger partial charge < -0.3 is 19.5 Å². The molecule has 0 saturated heterocycles. The summed E-state index contributed by atoms with van der Waals surface area (Å²) in [5.74, 6) is 0.470. The van der Waals surface area contributed by atoms with Crippen molar-refractivity contribution in [2.24, 2.45) is 0 Å². The molecule has 0 fully saturated rings. The van der Waals surface area contributed by atoms with Gasteiger partial charge in [-0.05, 0) is 6.92 Å². The van der Waals surface area contributed by atoms with E-state index in [1.165, 1.54) is 7.11 Å². The lowest BCUT2D eigenvalue weighted by Gasteiger charge is -2.14. The molecule has 1 rings (SSSR count). The van der Waals surface area contributed by atoms with Gasteiger partial charge in [0.1, 0.15) is 5.75 Å². The predicted octanol–water partition coefficient (Wildman–Crippen LogP) is -0.170. The second-order valence-corrected chi connectivity index (χ2v) is 3.35. The molecule has 0 aliphatic carbocycles. The molecular weight excluding hydrogens is 195 g/mol. The van der Waals surface area contributed by atoms with E-state index in [0.717, 1.165) is 11.1 Å². The molecular formula is C10H15BO4.